The number of phenolic OH excluding ortho intramolecular Hbond substituents is 1. The summed E-state index contributed by atoms with van der Waals surface area (Å²) in [6.07, 6.45) is 1.13. The van der Waals surface area contributed by atoms with E-state index in [-0.39, 0.29) is 10.8 Å². The van der Waals surface area contributed by atoms with Gasteiger partial charge in [0.15, 0.2) is 0 Å². The summed E-state index contributed by atoms with van der Waals surface area (Å²) in [5, 5.41) is 19.5. The Hall–Kier alpha value is -1.22. The quantitative estimate of drug-likeness (QED) is 0.836. The second-order valence-corrected chi connectivity index (χ2v) is 4.81. The fourth-order valence-electron chi connectivity index (χ4n) is 2.24. The van der Waals surface area contributed by atoms with Gasteiger partial charge in [-0.2, -0.15) is 0 Å². The van der Waals surface area contributed by atoms with Crippen LogP contribution < -0.4 is 0 Å². The monoisotopic (exact) mass is 240 g/mol. The molecular weight excluding hydrogens is 228 g/mol. The van der Waals surface area contributed by atoms with Crippen molar-refractivity contribution in [1.29, 1.82) is 0 Å². The van der Waals surface area contributed by atoms with Gasteiger partial charge in [-0.15, -0.1) is 0 Å². The number of carboxylic acids is 1. The van der Waals surface area contributed by atoms with Crippen molar-refractivity contribution >= 4 is 17.6 Å². The van der Waals surface area contributed by atoms with Crippen molar-refractivity contribution in [2.45, 2.75) is 32.1 Å². The Bertz CT molecular complexity index is 476. The molecule has 0 radical (unpaired) electrons. The van der Waals surface area contributed by atoms with Crippen LogP contribution in [-0.2, 0) is 10.2 Å². The Kier molecular flexibility index (Phi) is 2.39. The fraction of sp³-hybridized carbons (Fsp3) is 0.417. The van der Waals surface area contributed by atoms with Crippen LogP contribution in [0.1, 0.15) is 29.5 Å². The van der Waals surface area contributed by atoms with E-state index in [1.54, 1.807) is 13.8 Å². The standard InChI is InChI=1S/C12H13ClO3/c1-6-5-7(2)9(13)10(14)8(6)12(3-4-12)11(15)16/h5,14H,3-4H2,1-2H3,(H,15,16). The lowest BCUT2D eigenvalue weighted by Crippen LogP contribution is -2.21. The van der Waals surface area contributed by atoms with Gasteiger partial charge in [0, 0.05) is 5.56 Å². The Morgan fingerprint density at radius 1 is 1.38 bits per heavy atom. The molecule has 3 nitrogen and oxygen atoms in total. The van der Waals surface area contributed by atoms with Crippen LogP contribution in [0.2, 0.25) is 5.02 Å². The number of carbonyl (C=O) groups is 1. The van der Waals surface area contributed by atoms with E-state index in [1.165, 1.54) is 0 Å². The third-order valence-corrected chi connectivity index (χ3v) is 3.73. The summed E-state index contributed by atoms with van der Waals surface area (Å²) in [6.45, 7) is 3.60. The van der Waals surface area contributed by atoms with E-state index in [2.05, 4.69) is 0 Å². The normalized spacial score (nSPS) is 17.2. The molecule has 0 amide bonds. The second-order valence-electron chi connectivity index (χ2n) is 4.44. The molecule has 1 saturated carbocycles. The summed E-state index contributed by atoms with van der Waals surface area (Å²) >= 11 is 5.95. The number of aryl methyl sites for hydroxylation is 2. The Balaban J connectivity index is 2.67. The summed E-state index contributed by atoms with van der Waals surface area (Å²) in [5.74, 6) is -0.954. The number of hydrogen-bond acceptors (Lipinski definition) is 2. The van der Waals surface area contributed by atoms with Gasteiger partial charge in [-0.1, -0.05) is 17.7 Å². The molecule has 16 heavy (non-hydrogen) atoms. The zero-order chi connectivity index (χ0) is 12.1. The molecule has 1 fully saturated rings. The first kappa shape index (κ1) is 11.3. The van der Waals surface area contributed by atoms with Gasteiger partial charge in [0.25, 0.3) is 0 Å². The summed E-state index contributed by atoms with van der Waals surface area (Å²) in [7, 11) is 0. The van der Waals surface area contributed by atoms with Crippen molar-refractivity contribution < 1.29 is 15.0 Å². The molecule has 2 rings (SSSR count). The molecule has 0 spiro atoms. The first-order chi connectivity index (χ1) is 7.40. The Labute approximate surface area is 98.7 Å². The summed E-state index contributed by atoms with van der Waals surface area (Å²) in [5.41, 5.74) is 1.13. The lowest BCUT2D eigenvalue weighted by molar-refractivity contribution is -0.140. The second kappa shape index (κ2) is 3.39. The molecule has 0 bridgehead atoms. The number of hydrogen-bond donors (Lipinski definition) is 2. The largest absolute Gasteiger partial charge is 0.506 e. The van der Waals surface area contributed by atoms with Crippen molar-refractivity contribution in [3.05, 3.63) is 27.8 Å². The lowest BCUT2D eigenvalue weighted by Gasteiger charge is -2.17. The molecule has 1 aromatic rings. The fourth-order valence-corrected chi connectivity index (χ4v) is 2.39. The van der Waals surface area contributed by atoms with Crippen LogP contribution in [-0.4, -0.2) is 16.2 Å². The van der Waals surface area contributed by atoms with Gasteiger partial charge in [0.1, 0.15) is 5.75 Å². The Morgan fingerprint density at radius 2 is 1.94 bits per heavy atom. The van der Waals surface area contributed by atoms with Crippen LogP contribution in [0.15, 0.2) is 6.07 Å². The average Bonchev–Trinajstić information content (AvgIpc) is 2.96. The maximum absolute atomic E-state index is 11.2. The molecule has 0 atom stereocenters. The van der Waals surface area contributed by atoms with E-state index in [0.29, 0.717) is 18.4 Å². The SMILES string of the molecule is Cc1cc(C)c(C2(C(=O)O)CC2)c(O)c1Cl. The van der Waals surface area contributed by atoms with Crippen molar-refractivity contribution in [3.8, 4) is 5.75 Å². The number of rotatable bonds is 2. The molecular formula is C12H13ClO3. The average molecular weight is 241 g/mol. The van der Waals surface area contributed by atoms with Gasteiger partial charge in [0.05, 0.1) is 10.4 Å². The molecule has 86 valence electrons. The summed E-state index contributed by atoms with van der Waals surface area (Å²) in [4.78, 5) is 11.2. The van der Waals surface area contributed by atoms with Crippen molar-refractivity contribution in [2.24, 2.45) is 0 Å². The molecule has 0 saturated heterocycles. The number of aromatic hydroxyl groups is 1. The van der Waals surface area contributed by atoms with E-state index in [0.717, 1.165) is 11.1 Å². The third-order valence-electron chi connectivity index (χ3n) is 3.26. The predicted molar refractivity (Wildman–Crippen MR) is 61.1 cm³/mol. The van der Waals surface area contributed by atoms with Crippen LogP contribution in [0.25, 0.3) is 0 Å². The van der Waals surface area contributed by atoms with E-state index < -0.39 is 11.4 Å². The van der Waals surface area contributed by atoms with Gasteiger partial charge >= 0.3 is 5.97 Å². The highest BCUT2D eigenvalue weighted by Crippen LogP contribution is 2.54. The number of halogens is 1. The van der Waals surface area contributed by atoms with Gasteiger partial charge < -0.3 is 10.2 Å². The van der Waals surface area contributed by atoms with E-state index >= 15 is 0 Å². The number of aliphatic carboxylic acids is 1. The van der Waals surface area contributed by atoms with E-state index in [4.69, 9.17) is 11.6 Å². The highest BCUT2D eigenvalue weighted by molar-refractivity contribution is 6.33. The molecule has 2 N–H and O–H groups in total. The minimum atomic E-state index is -0.911. The zero-order valence-electron chi connectivity index (χ0n) is 9.17. The van der Waals surface area contributed by atoms with Crippen LogP contribution in [0.4, 0.5) is 0 Å². The smallest absolute Gasteiger partial charge is 0.314 e. The number of carboxylic acid groups (broad SMARTS) is 1. The number of benzene rings is 1. The molecule has 1 aromatic carbocycles. The van der Waals surface area contributed by atoms with Crippen molar-refractivity contribution in [3.63, 3.8) is 0 Å². The third kappa shape index (κ3) is 1.39. The van der Waals surface area contributed by atoms with Gasteiger partial charge in [0.2, 0.25) is 0 Å². The minimum Gasteiger partial charge on any atom is -0.506 e. The van der Waals surface area contributed by atoms with Crippen molar-refractivity contribution in [1.82, 2.24) is 0 Å². The highest BCUT2D eigenvalue weighted by Gasteiger charge is 2.54. The van der Waals surface area contributed by atoms with Crippen molar-refractivity contribution in [2.75, 3.05) is 0 Å². The molecule has 4 heteroatoms. The van der Waals surface area contributed by atoms with E-state index in [1.807, 2.05) is 6.07 Å². The topological polar surface area (TPSA) is 57.5 Å². The predicted octanol–water partition coefficient (Wildman–Crippen LogP) is 2.78. The maximum atomic E-state index is 11.2. The molecule has 1 aliphatic rings. The first-order valence-electron chi connectivity index (χ1n) is 5.12. The molecule has 1 aliphatic carbocycles. The van der Waals surface area contributed by atoms with Crippen LogP contribution in [0.5, 0.6) is 5.75 Å². The lowest BCUT2D eigenvalue weighted by atomic mass is 9.90. The molecule has 0 aliphatic heterocycles. The maximum Gasteiger partial charge on any atom is 0.314 e. The van der Waals surface area contributed by atoms with Gasteiger partial charge in [-0.3, -0.25) is 4.79 Å². The molecule has 0 unspecified atom stereocenters. The van der Waals surface area contributed by atoms with Crippen LogP contribution >= 0.6 is 11.6 Å². The van der Waals surface area contributed by atoms with Gasteiger partial charge in [-0.25, -0.2) is 0 Å². The highest BCUT2D eigenvalue weighted by atomic mass is 35.5. The minimum absolute atomic E-state index is 0.0703. The van der Waals surface area contributed by atoms with E-state index in [9.17, 15) is 15.0 Å². The summed E-state index contributed by atoms with van der Waals surface area (Å²) in [6, 6.07) is 1.82. The van der Waals surface area contributed by atoms with Gasteiger partial charge in [-0.05, 0) is 37.8 Å². The van der Waals surface area contributed by atoms with Crippen LogP contribution in [0.3, 0.4) is 0 Å². The Morgan fingerprint density at radius 3 is 2.38 bits per heavy atom. The molecule has 0 aromatic heterocycles. The number of phenols is 1. The zero-order valence-corrected chi connectivity index (χ0v) is 9.93. The first-order valence-corrected chi connectivity index (χ1v) is 5.50. The summed E-state index contributed by atoms with van der Waals surface area (Å²) < 4.78 is 0. The van der Waals surface area contributed by atoms with Crippen LogP contribution in [0, 0.1) is 13.8 Å². The molecule has 0 heterocycles.